The van der Waals surface area contributed by atoms with Crippen molar-refractivity contribution in [3.63, 3.8) is 0 Å². The van der Waals surface area contributed by atoms with Gasteiger partial charge >= 0.3 is 0 Å². The molecule has 1 aliphatic rings. The highest BCUT2D eigenvalue weighted by Crippen LogP contribution is 2.23. The van der Waals surface area contributed by atoms with E-state index in [1.54, 1.807) is 7.11 Å². The molecule has 0 aliphatic carbocycles. The van der Waals surface area contributed by atoms with E-state index in [1.165, 1.54) is 12.8 Å². The van der Waals surface area contributed by atoms with Crippen LogP contribution in [0.5, 0.6) is 5.75 Å². The molecule has 1 amide bonds. The Morgan fingerprint density at radius 3 is 2.87 bits per heavy atom. The Kier molecular flexibility index (Phi) is 8.42. The van der Waals surface area contributed by atoms with E-state index in [-0.39, 0.29) is 24.4 Å². The fourth-order valence-corrected chi connectivity index (χ4v) is 3.12. The lowest BCUT2D eigenvalue weighted by molar-refractivity contribution is -0.123. The number of hydrogen-bond acceptors (Lipinski definition) is 3. The molecule has 0 saturated carbocycles. The largest absolute Gasteiger partial charge is 0.497 e. The predicted molar refractivity (Wildman–Crippen MR) is 96.2 cm³/mol. The maximum Gasteiger partial charge on any atom is 0.220 e. The van der Waals surface area contributed by atoms with E-state index < -0.39 is 0 Å². The van der Waals surface area contributed by atoms with Gasteiger partial charge in [-0.15, -0.1) is 12.4 Å². The monoisotopic (exact) mass is 340 g/mol. The summed E-state index contributed by atoms with van der Waals surface area (Å²) in [5.41, 5.74) is 1.07. The number of ether oxygens (including phenoxy) is 1. The first-order valence-corrected chi connectivity index (χ1v) is 8.24. The maximum absolute atomic E-state index is 12.3. The molecule has 0 radical (unpaired) electrons. The zero-order valence-electron chi connectivity index (χ0n) is 14.3. The lowest BCUT2D eigenvalue weighted by Crippen LogP contribution is -2.36. The van der Waals surface area contributed by atoms with Crippen LogP contribution in [0.1, 0.15) is 44.7 Å². The van der Waals surface area contributed by atoms with Gasteiger partial charge in [0.25, 0.3) is 0 Å². The van der Waals surface area contributed by atoms with E-state index in [0.717, 1.165) is 24.4 Å². The topological polar surface area (TPSA) is 50.4 Å². The molecule has 1 aliphatic heterocycles. The first-order valence-electron chi connectivity index (χ1n) is 8.24. The van der Waals surface area contributed by atoms with Crippen molar-refractivity contribution in [2.45, 2.75) is 39.2 Å². The highest BCUT2D eigenvalue weighted by Gasteiger charge is 2.22. The number of methoxy groups -OCH3 is 1. The van der Waals surface area contributed by atoms with Crippen LogP contribution in [0.25, 0.3) is 0 Å². The molecular formula is C18H29ClN2O2. The van der Waals surface area contributed by atoms with Crippen molar-refractivity contribution < 1.29 is 9.53 Å². The van der Waals surface area contributed by atoms with Crippen LogP contribution in [0.4, 0.5) is 0 Å². The third-order valence-corrected chi connectivity index (χ3v) is 4.62. The molecule has 3 unspecified atom stereocenters. The van der Waals surface area contributed by atoms with Crippen LogP contribution in [0.3, 0.4) is 0 Å². The number of halogens is 1. The molecule has 1 fully saturated rings. The smallest absolute Gasteiger partial charge is 0.220 e. The molecule has 1 heterocycles. The zero-order valence-corrected chi connectivity index (χ0v) is 15.1. The van der Waals surface area contributed by atoms with Crippen molar-refractivity contribution in [3.05, 3.63) is 29.8 Å². The fraction of sp³-hybridized carbons (Fsp3) is 0.611. The molecule has 3 atom stereocenters. The second kappa shape index (κ2) is 9.78. The third kappa shape index (κ3) is 6.04. The summed E-state index contributed by atoms with van der Waals surface area (Å²) < 4.78 is 5.23. The number of piperidine rings is 1. The van der Waals surface area contributed by atoms with Crippen molar-refractivity contribution in [3.8, 4) is 5.75 Å². The van der Waals surface area contributed by atoms with Gasteiger partial charge in [-0.1, -0.05) is 19.1 Å². The molecule has 2 N–H and O–H groups in total. The first kappa shape index (κ1) is 19.8. The van der Waals surface area contributed by atoms with E-state index in [4.69, 9.17) is 4.74 Å². The number of nitrogens with one attached hydrogen (secondary N) is 2. The van der Waals surface area contributed by atoms with Crippen LogP contribution in [0.2, 0.25) is 0 Å². The first-order chi connectivity index (χ1) is 10.6. The van der Waals surface area contributed by atoms with Gasteiger partial charge in [-0.05, 0) is 62.4 Å². The van der Waals surface area contributed by atoms with Gasteiger partial charge in [0.2, 0.25) is 5.91 Å². The Hall–Kier alpha value is -1.26. The fourth-order valence-electron chi connectivity index (χ4n) is 3.12. The summed E-state index contributed by atoms with van der Waals surface area (Å²) in [7, 11) is 1.66. The van der Waals surface area contributed by atoms with Crippen molar-refractivity contribution in [2.75, 3.05) is 20.2 Å². The van der Waals surface area contributed by atoms with E-state index in [0.29, 0.717) is 18.3 Å². The molecule has 130 valence electrons. The average Bonchev–Trinajstić information content (AvgIpc) is 2.55. The second-order valence-electron chi connectivity index (χ2n) is 6.35. The summed E-state index contributed by atoms with van der Waals surface area (Å²) >= 11 is 0. The van der Waals surface area contributed by atoms with Gasteiger partial charge in [-0.25, -0.2) is 0 Å². The van der Waals surface area contributed by atoms with Crippen LogP contribution in [-0.4, -0.2) is 26.1 Å². The minimum atomic E-state index is -0.000666. The lowest BCUT2D eigenvalue weighted by Gasteiger charge is -2.28. The molecule has 1 saturated heterocycles. The van der Waals surface area contributed by atoms with Crippen LogP contribution in [-0.2, 0) is 4.79 Å². The highest BCUT2D eigenvalue weighted by molar-refractivity contribution is 5.85. The van der Waals surface area contributed by atoms with Crippen molar-refractivity contribution in [2.24, 2.45) is 11.8 Å². The molecule has 0 spiro atoms. The Morgan fingerprint density at radius 2 is 2.22 bits per heavy atom. The van der Waals surface area contributed by atoms with Crippen molar-refractivity contribution in [1.82, 2.24) is 10.6 Å². The quantitative estimate of drug-likeness (QED) is 0.835. The van der Waals surface area contributed by atoms with Crippen molar-refractivity contribution >= 4 is 18.3 Å². The number of carbonyl (C=O) groups is 1. The number of benzene rings is 1. The number of hydrogen-bond donors (Lipinski definition) is 2. The predicted octanol–water partition coefficient (Wildman–Crippen LogP) is 3.32. The lowest BCUT2D eigenvalue weighted by atomic mass is 9.85. The minimum Gasteiger partial charge on any atom is -0.497 e. The summed E-state index contributed by atoms with van der Waals surface area (Å²) in [6, 6.07) is 7.85. The summed E-state index contributed by atoms with van der Waals surface area (Å²) in [5.74, 6) is 1.99. The molecule has 2 rings (SSSR count). The Bertz CT molecular complexity index is 490. The third-order valence-electron chi connectivity index (χ3n) is 4.62. The Labute approximate surface area is 145 Å². The number of rotatable bonds is 6. The van der Waals surface area contributed by atoms with Gasteiger partial charge < -0.3 is 15.4 Å². The van der Waals surface area contributed by atoms with Gasteiger partial charge in [0.1, 0.15) is 5.75 Å². The van der Waals surface area contributed by atoms with E-state index in [1.807, 2.05) is 31.2 Å². The molecular weight excluding hydrogens is 312 g/mol. The SMILES string of the molecule is COc1cccc(C(C)NC(=O)CC(C)C2CCCNC2)c1.Cl. The Balaban J connectivity index is 0.00000264. The highest BCUT2D eigenvalue weighted by atomic mass is 35.5. The van der Waals surface area contributed by atoms with Gasteiger partial charge in [-0.3, -0.25) is 4.79 Å². The van der Waals surface area contributed by atoms with Gasteiger partial charge in [-0.2, -0.15) is 0 Å². The van der Waals surface area contributed by atoms with Crippen LogP contribution < -0.4 is 15.4 Å². The van der Waals surface area contributed by atoms with Crippen LogP contribution >= 0.6 is 12.4 Å². The molecule has 5 heteroatoms. The van der Waals surface area contributed by atoms with E-state index in [9.17, 15) is 4.79 Å². The molecule has 0 bridgehead atoms. The van der Waals surface area contributed by atoms with Crippen molar-refractivity contribution in [1.29, 1.82) is 0 Å². The minimum absolute atomic E-state index is 0. The van der Waals surface area contributed by atoms with Gasteiger partial charge in [0.05, 0.1) is 13.2 Å². The van der Waals surface area contributed by atoms with Crippen LogP contribution in [0.15, 0.2) is 24.3 Å². The second-order valence-corrected chi connectivity index (χ2v) is 6.35. The maximum atomic E-state index is 12.3. The number of amides is 1. The van der Waals surface area contributed by atoms with E-state index in [2.05, 4.69) is 17.6 Å². The Morgan fingerprint density at radius 1 is 1.43 bits per heavy atom. The molecule has 23 heavy (non-hydrogen) atoms. The normalized spacial score (nSPS) is 20.0. The summed E-state index contributed by atoms with van der Waals surface area (Å²) in [5, 5.41) is 6.53. The van der Waals surface area contributed by atoms with Gasteiger partial charge in [0, 0.05) is 6.42 Å². The van der Waals surface area contributed by atoms with E-state index >= 15 is 0 Å². The average molecular weight is 341 g/mol. The van der Waals surface area contributed by atoms with Crippen LogP contribution in [0, 0.1) is 11.8 Å². The summed E-state index contributed by atoms with van der Waals surface area (Å²) in [6.45, 7) is 6.36. The molecule has 4 nitrogen and oxygen atoms in total. The summed E-state index contributed by atoms with van der Waals surface area (Å²) in [4.78, 5) is 12.3. The van der Waals surface area contributed by atoms with Gasteiger partial charge in [0.15, 0.2) is 0 Å². The summed E-state index contributed by atoms with van der Waals surface area (Å²) in [6.07, 6.45) is 3.05. The standard InChI is InChI=1S/C18H28N2O2.ClH/c1-13(16-7-5-9-19-12-16)10-18(21)20-14(2)15-6-4-8-17(11-15)22-3;/h4,6,8,11,13-14,16,19H,5,7,9-10,12H2,1-3H3,(H,20,21);1H. The molecule has 1 aromatic rings. The molecule has 1 aromatic carbocycles. The number of carbonyl (C=O) groups excluding carboxylic acids is 1. The zero-order chi connectivity index (χ0) is 15.9. The molecule has 0 aromatic heterocycles.